The Morgan fingerprint density at radius 2 is 1.95 bits per heavy atom. The zero-order valence-electron chi connectivity index (χ0n) is 10.2. The number of rotatable bonds is 7. The van der Waals surface area contributed by atoms with E-state index in [1.807, 2.05) is 0 Å². The van der Waals surface area contributed by atoms with Gasteiger partial charge in [-0.25, -0.2) is 4.39 Å². The summed E-state index contributed by atoms with van der Waals surface area (Å²) in [7, 11) is 0. The largest absolute Gasteiger partial charge is 0.482 e. The van der Waals surface area contributed by atoms with Gasteiger partial charge < -0.3 is 19.8 Å². The highest BCUT2D eigenvalue weighted by molar-refractivity contribution is 6.32. The second-order valence-corrected chi connectivity index (χ2v) is 4.10. The molecular weight excluding hydrogens is 277 g/mol. The summed E-state index contributed by atoms with van der Waals surface area (Å²) in [6.07, 6.45) is 0. The van der Waals surface area contributed by atoms with Gasteiger partial charge in [0.1, 0.15) is 11.6 Å². The monoisotopic (exact) mass is 291 g/mol. The van der Waals surface area contributed by atoms with Gasteiger partial charge >= 0.3 is 0 Å². The zero-order chi connectivity index (χ0) is 14.3. The smallest absolute Gasteiger partial charge is 0.260 e. The third kappa shape index (κ3) is 5.02. The first-order chi connectivity index (χ1) is 9.08. The highest BCUT2D eigenvalue weighted by atomic mass is 35.5. The van der Waals surface area contributed by atoms with Crippen LogP contribution in [0.15, 0.2) is 18.2 Å². The topological polar surface area (TPSA) is 70.0 Å². The average molecular weight is 292 g/mol. The van der Waals surface area contributed by atoms with E-state index in [0.717, 1.165) is 6.07 Å². The fourth-order valence-electron chi connectivity index (χ4n) is 1.43. The predicted molar refractivity (Wildman–Crippen MR) is 67.7 cm³/mol. The maximum absolute atomic E-state index is 12.8. The Kier molecular flexibility index (Phi) is 6.55. The summed E-state index contributed by atoms with van der Waals surface area (Å²) >= 11 is 5.74. The SMILES string of the molecule is O=C(COc1ccc(F)cc1Cl)N(CCO)CCO. The second kappa shape index (κ2) is 7.93. The van der Waals surface area contributed by atoms with Crippen molar-refractivity contribution >= 4 is 17.5 Å². The third-order valence-corrected chi connectivity index (χ3v) is 2.63. The van der Waals surface area contributed by atoms with Gasteiger partial charge in [0.15, 0.2) is 6.61 Å². The van der Waals surface area contributed by atoms with Gasteiger partial charge in [-0.2, -0.15) is 0 Å². The Hall–Kier alpha value is -1.37. The molecule has 0 aliphatic carbocycles. The van der Waals surface area contributed by atoms with Gasteiger partial charge in [0.05, 0.1) is 18.2 Å². The number of nitrogens with zero attached hydrogens (tertiary/aromatic N) is 1. The maximum Gasteiger partial charge on any atom is 0.260 e. The van der Waals surface area contributed by atoms with Gasteiger partial charge in [-0.05, 0) is 18.2 Å². The molecule has 0 atom stereocenters. The van der Waals surface area contributed by atoms with Crippen LogP contribution in [0.25, 0.3) is 0 Å². The highest BCUT2D eigenvalue weighted by Gasteiger charge is 2.14. The van der Waals surface area contributed by atoms with E-state index < -0.39 is 11.7 Å². The maximum atomic E-state index is 12.8. The number of hydrogen-bond acceptors (Lipinski definition) is 4. The number of ether oxygens (including phenoxy) is 1. The number of benzene rings is 1. The molecule has 106 valence electrons. The van der Waals surface area contributed by atoms with Crippen molar-refractivity contribution in [3.8, 4) is 5.75 Å². The summed E-state index contributed by atoms with van der Waals surface area (Å²) in [4.78, 5) is 13.0. The van der Waals surface area contributed by atoms with Crippen molar-refractivity contribution in [3.63, 3.8) is 0 Å². The van der Waals surface area contributed by atoms with Crippen molar-refractivity contribution in [2.75, 3.05) is 32.9 Å². The van der Waals surface area contributed by atoms with Gasteiger partial charge in [0.2, 0.25) is 0 Å². The molecule has 1 aromatic carbocycles. The van der Waals surface area contributed by atoms with Crippen LogP contribution in [0.3, 0.4) is 0 Å². The molecule has 0 fully saturated rings. The summed E-state index contributed by atoms with van der Waals surface area (Å²) in [6.45, 7) is -0.489. The van der Waals surface area contributed by atoms with Crippen molar-refractivity contribution in [1.29, 1.82) is 0 Å². The molecule has 1 rings (SSSR count). The molecule has 0 aromatic heterocycles. The first-order valence-corrected chi connectivity index (χ1v) is 6.03. The van der Waals surface area contributed by atoms with Crippen LogP contribution in [0.5, 0.6) is 5.75 Å². The van der Waals surface area contributed by atoms with E-state index in [1.165, 1.54) is 17.0 Å². The molecule has 19 heavy (non-hydrogen) atoms. The summed E-state index contributed by atoms with van der Waals surface area (Å²) in [6, 6.07) is 3.58. The lowest BCUT2D eigenvalue weighted by atomic mass is 10.3. The van der Waals surface area contributed by atoms with Crippen LogP contribution >= 0.6 is 11.6 Å². The van der Waals surface area contributed by atoms with Crippen molar-refractivity contribution in [2.24, 2.45) is 0 Å². The van der Waals surface area contributed by atoms with Crippen LogP contribution in [0.2, 0.25) is 5.02 Å². The van der Waals surface area contributed by atoms with E-state index >= 15 is 0 Å². The molecule has 0 saturated carbocycles. The lowest BCUT2D eigenvalue weighted by Crippen LogP contribution is -2.38. The molecule has 1 aromatic rings. The molecular formula is C12H15ClFNO4. The van der Waals surface area contributed by atoms with E-state index in [2.05, 4.69) is 0 Å². The Morgan fingerprint density at radius 3 is 2.47 bits per heavy atom. The number of halogens is 2. The minimum Gasteiger partial charge on any atom is -0.482 e. The number of aliphatic hydroxyl groups excluding tert-OH is 2. The number of hydrogen-bond donors (Lipinski definition) is 2. The number of amides is 1. The second-order valence-electron chi connectivity index (χ2n) is 3.69. The molecule has 0 radical (unpaired) electrons. The lowest BCUT2D eigenvalue weighted by molar-refractivity contribution is -0.134. The Balaban J connectivity index is 2.56. The summed E-state index contributed by atoms with van der Waals surface area (Å²) < 4.78 is 18.0. The molecule has 0 spiro atoms. The van der Waals surface area contributed by atoms with Gasteiger partial charge in [-0.15, -0.1) is 0 Å². The molecule has 0 aliphatic heterocycles. The molecule has 0 saturated heterocycles. The van der Waals surface area contributed by atoms with E-state index in [9.17, 15) is 9.18 Å². The van der Waals surface area contributed by atoms with Crippen LogP contribution in [0, 0.1) is 5.82 Å². The van der Waals surface area contributed by atoms with Crippen molar-refractivity contribution in [1.82, 2.24) is 4.90 Å². The molecule has 0 heterocycles. The number of carbonyl (C=O) groups excluding carboxylic acids is 1. The fourth-order valence-corrected chi connectivity index (χ4v) is 1.65. The van der Waals surface area contributed by atoms with Gasteiger partial charge in [0, 0.05) is 13.1 Å². The van der Waals surface area contributed by atoms with Crippen LogP contribution in [0.1, 0.15) is 0 Å². The Bertz CT molecular complexity index is 424. The van der Waals surface area contributed by atoms with Crippen LogP contribution in [-0.4, -0.2) is 53.9 Å². The Morgan fingerprint density at radius 1 is 1.32 bits per heavy atom. The summed E-state index contributed by atoms with van der Waals surface area (Å²) in [5.41, 5.74) is 0. The first-order valence-electron chi connectivity index (χ1n) is 5.65. The Labute approximate surface area is 115 Å². The molecule has 7 heteroatoms. The third-order valence-electron chi connectivity index (χ3n) is 2.34. The fraction of sp³-hybridized carbons (Fsp3) is 0.417. The molecule has 0 bridgehead atoms. The quantitative estimate of drug-likeness (QED) is 0.775. The first kappa shape index (κ1) is 15.7. The summed E-state index contributed by atoms with van der Waals surface area (Å²) in [5.74, 6) is -0.696. The molecule has 5 nitrogen and oxygen atoms in total. The van der Waals surface area contributed by atoms with Crippen LogP contribution < -0.4 is 4.74 Å². The van der Waals surface area contributed by atoms with Gasteiger partial charge in [-0.1, -0.05) is 11.6 Å². The zero-order valence-corrected chi connectivity index (χ0v) is 10.9. The standard InChI is InChI=1S/C12H15ClFNO4/c13-10-7-9(14)1-2-11(10)19-8-12(18)15(3-5-16)4-6-17/h1-2,7,16-17H,3-6,8H2. The van der Waals surface area contributed by atoms with Crippen LogP contribution in [-0.2, 0) is 4.79 Å². The lowest BCUT2D eigenvalue weighted by Gasteiger charge is -2.20. The van der Waals surface area contributed by atoms with Crippen molar-refractivity contribution in [3.05, 3.63) is 29.0 Å². The number of aliphatic hydroxyl groups is 2. The van der Waals surface area contributed by atoms with E-state index in [4.69, 9.17) is 26.6 Å². The molecule has 2 N–H and O–H groups in total. The normalized spacial score (nSPS) is 10.3. The minimum atomic E-state index is -0.495. The number of carbonyl (C=O) groups is 1. The van der Waals surface area contributed by atoms with E-state index in [-0.39, 0.29) is 43.7 Å². The summed E-state index contributed by atoms with van der Waals surface area (Å²) in [5, 5.41) is 17.7. The average Bonchev–Trinajstić information content (AvgIpc) is 2.37. The van der Waals surface area contributed by atoms with Gasteiger partial charge in [0.25, 0.3) is 5.91 Å². The van der Waals surface area contributed by atoms with Crippen LogP contribution in [0.4, 0.5) is 4.39 Å². The molecule has 1 amide bonds. The van der Waals surface area contributed by atoms with Crippen molar-refractivity contribution < 1.29 is 24.1 Å². The van der Waals surface area contributed by atoms with E-state index in [0.29, 0.717) is 0 Å². The highest BCUT2D eigenvalue weighted by Crippen LogP contribution is 2.24. The van der Waals surface area contributed by atoms with Gasteiger partial charge in [-0.3, -0.25) is 4.79 Å². The van der Waals surface area contributed by atoms with Crippen molar-refractivity contribution in [2.45, 2.75) is 0 Å². The van der Waals surface area contributed by atoms with E-state index in [1.54, 1.807) is 0 Å². The minimum absolute atomic E-state index is 0.0728. The molecule has 0 aliphatic rings. The molecule has 0 unspecified atom stereocenters. The predicted octanol–water partition coefficient (Wildman–Crippen LogP) is 0.671.